The summed E-state index contributed by atoms with van der Waals surface area (Å²) in [5.74, 6) is -0.322. The van der Waals surface area contributed by atoms with Gasteiger partial charge in [0.1, 0.15) is 5.82 Å². The second-order valence-electron chi connectivity index (χ2n) is 8.90. The number of hydrogen-bond acceptors (Lipinski definition) is 4. The Morgan fingerprint density at radius 3 is 2.40 bits per heavy atom. The molecule has 0 amide bonds. The van der Waals surface area contributed by atoms with Crippen molar-refractivity contribution in [3.05, 3.63) is 88.4 Å². The minimum atomic E-state index is -4.54. The van der Waals surface area contributed by atoms with Gasteiger partial charge >= 0.3 is 6.18 Å². The van der Waals surface area contributed by atoms with Crippen molar-refractivity contribution in [2.75, 3.05) is 19.7 Å². The molecule has 2 heterocycles. The average molecular weight is 484 g/mol. The van der Waals surface area contributed by atoms with Crippen LogP contribution in [0.2, 0.25) is 0 Å². The highest BCUT2D eigenvalue weighted by Gasteiger charge is 2.35. The molecule has 3 aromatic rings. The summed E-state index contributed by atoms with van der Waals surface area (Å²) in [5.41, 5.74) is 1.74. The van der Waals surface area contributed by atoms with E-state index in [1.807, 2.05) is 0 Å². The molecule has 1 fully saturated rings. The van der Waals surface area contributed by atoms with Crippen molar-refractivity contribution in [2.24, 2.45) is 0 Å². The zero-order chi connectivity index (χ0) is 25.1. The smallest absolute Gasteiger partial charge is 0.374 e. The Morgan fingerprint density at radius 2 is 1.77 bits per heavy atom. The topological polar surface area (TPSA) is 57.9 Å². The number of ether oxygens (including phenoxy) is 1. The van der Waals surface area contributed by atoms with E-state index >= 15 is 0 Å². The minimum absolute atomic E-state index is 0.0947. The van der Waals surface area contributed by atoms with Crippen LogP contribution < -0.4 is 5.32 Å². The van der Waals surface area contributed by atoms with Crippen LogP contribution in [0.1, 0.15) is 40.8 Å². The van der Waals surface area contributed by atoms with Crippen LogP contribution in [0.4, 0.5) is 17.6 Å². The molecule has 4 rings (SSSR count). The molecule has 0 aliphatic carbocycles. The largest absolute Gasteiger partial charge is 0.416 e. The molecule has 1 aliphatic rings. The summed E-state index contributed by atoms with van der Waals surface area (Å²) in [5, 5.41) is 12.4. The molecule has 1 N–H and O–H groups in total. The van der Waals surface area contributed by atoms with Crippen LogP contribution in [0.3, 0.4) is 0 Å². The summed E-state index contributed by atoms with van der Waals surface area (Å²) in [6.45, 7) is 3.45. The molecular weight excluding hydrogens is 458 g/mol. The third-order valence-corrected chi connectivity index (χ3v) is 6.49. The number of benzene rings is 2. The molecular formula is C27H25F4N3O. The predicted octanol–water partition coefficient (Wildman–Crippen LogP) is 5.92. The van der Waals surface area contributed by atoms with Gasteiger partial charge in [0, 0.05) is 11.0 Å². The number of rotatable bonds is 6. The van der Waals surface area contributed by atoms with Crippen molar-refractivity contribution >= 4 is 0 Å². The normalized spacial score (nSPS) is 15.5. The Bertz CT molecular complexity index is 1230. The van der Waals surface area contributed by atoms with Crippen molar-refractivity contribution in [3.63, 3.8) is 0 Å². The van der Waals surface area contributed by atoms with E-state index in [0.717, 1.165) is 43.6 Å². The van der Waals surface area contributed by atoms with E-state index in [1.54, 1.807) is 37.3 Å². The molecule has 0 atom stereocenters. The number of pyridine rings is 1. The molecule has 0 unspecified atom stereocenters. The Morgan fingerprint density at radius 1 is 1.06 bits per heavy atom. The molecule has 182 valence electrons. The molecule has 35 heavy (non-hydrogen) atoms. The first-order valence-corrected chi connectivity index (χ1v) is 11.3. The number of nitrogens with one attached hydrogen (secondary N) is 1. The van der Waals surface area contributed by atoms with Gasteiger partial charge in [-0.3, -0.25) is 4.98 Å². The van der Waals surface area contributed by atoms with Crippen LogP contribution in [0, 0.1) is 24.1 Å². The van der Waals surface area contributed by atoms with Crippen LogP contribution in [0.25, 0.3) is 11.3 Å². The maximum atomic E-state index is 13.6. The van der Waals surface area contributed by atoms with Crippen molar-refractivity contribution < 1.29 is 22.3 Å². The zero-order valence-corrected chi connectivity index (χ0v) is 19.3. The van der Waals surface area contributed by atoms with E-state index in [1.165, 1.54) is 12.1 Å². The van der Waals surface area contributed by atoms with Crippen LogP contribution in [-0.4, -0.2) is 24.7 Å². The number of nitrogens with zero attached hydrogens (tertiary/aromatic N) is 2. The summed E-state index contributed by atoms with van der Waals surface area (Å²) >= 11 is 0. The zero-order valence-electron chi connectivity index (χ0n) is 19.3. The lowest BCUT2D eigenvalue weighted by Crippen LogP contribution is -2.43. The van der Waals surface area contributed by atoms with Gasteiger partial charge in [0.15, 0.2) is 0 Å². The van der Waals surface area contributed by atoms with Crippen LogP contribution in [0.5, 0.6) is 0 Å². The molecule has 1 saturated heterocycles. The predicted molar refractivity (Wildman–Crippen MR) is 124 cm³/mol. The fraction of sp³-hybridized carbons (Fsp3) is 0.333. The van der Waals surface area contributed by atoms with Crippen molar-refractivity contribution in [1.29, 1.82) is 5.26 Å². The lowest BCUT2D eigenvalue weighted by atomic mass is 9.74. The van der Waals surface area contributed by atoms with Crippen LogP contribution >= 0.6 is 0 Å². The van der Waals surface area contributed by atoms with Gasteiger partial charge < -0.3 is 10.1 Å². The number of aromatic nitrogens is 1. The van der Waals surface area contributed by atoms with Crippen LogP contribution in [-0.2, 0) is 22.9 Å². The average Bonchev–Trinajstić information content (AvgIpc) is 2.84. The molecule has 4 nitrogen and oxygen atoms in total. The minimum Gasteiger partial charge on any atom is -0.374 e. The Kier molecular flexibility index (Phi) is 7.20. The number of hydrogen-bond donors (Lipinski definition) is 1. The first kappa shape index (κ1) is 24.8. The lowest BCUT2D eigenvalue weighted by molar-refractivity contribution is -0.137. The highest BCUT2D eigenvalue weighted by molar-refractivity contribution is 5.63. The van der Waals surface area contributed by atoms with E-state index in [0.29, 0.717) is 16.7 Å². The molecule has 0 spiro atoms. The third-order valence-electron chi connectivity index (χ3n) is 6.49. The van der Waals surface area contributed by atoms with Gasteiger partial charge in [0.2, 0.25) is 0 Å². The SMILES string of the molecule is Cc1cc(-c2cc(C(F)(F)F)cc(COCC3(c4ccc(F)cc4)CCNCC3)n2)ccc1C#N. The monoisotopic (exact) mass is 483 g/mol. The van der Waals surface area contributed by atoms with Gasteiger partial charge in [-0.1, -0.05) is 18.2 Å². The molecule has 8 heteroatoms. The van der Waals surface area contributed by atoms with E-state index in [9.17, 15) is 17.6 Å². The highest BCUT2D eigenvalue weighted by Crippen LogP contribution is 2.35. The summed E-state index contributed by atoms with van der Waals surface area (Å²) < 4.78 is 60.4. The van der Waals surface area contributed by atoms with E-state index < -0.39 is 11.7 Å². The summed E-state index contributed by atoms with van der Waals surface area (Å²) in [4.78, 5) is 4.43. The number of halogens is 4. The van der Waals surface area contributed by atoms with Gasteiger partial charge in [0.25, 0.3) is 0 Å². The Hall–Kier alpha value is -3.28. The fourth-order valence-electron chi connectivity index (χ4n) is 4.50. The lowest BCUT2D eigenvalue weighted by Gasteiger charge is -2.38. The Labute approximate surface area is 201 Å². The van der Waals surface area contributed by atoms with E-state index in [2.05, 4.69) is 16.4 Å². The first-order chi connectivity index (χ1) is 16.7. The van der Waals surface area contributed by atoms with Crippen molar-refractivity contribution in [2.45, 2.75) is 38.0 Å². The molecule has 0 saturated carbocycles. The second kappa shape index (κ2) is 10.1. The van der Waals surface area contributed by atoms with Crippen molar-refractivity contribution in [3.8, 4) is 17.3 Å². The summed E-state index contributed by atoms with van der Waals surface area (Å²) in [6.07, 6.45) is -3.01. The van der Waals surface area contributed by atoms with Gasteiger partial charge in [-0.15, -0.1) is 0 Å². The molecule has 0 bridgehead atoms. The standard InChI is InChI=1S/C27H25F4N3O/c1-18-12-19(2-3-20(18)15-32)25-14-22(27(29,30)31)13-24(34-25)16-35-17-26(8-10-33-11-9-26)21-4-6-23(28)7-5-21/h2-7,12-14,33H,8-11,16-17H2,1H3. The molecule has 1 aromatic heterocycles. The fourth-order valence-corrected chi connectivity index (χ4v) is 4.50. The maximum Gasteiger partial charge on any atom is 0.416 e. The van der Waals surface area contributed by atoms with E-state index in [4.69, 9.17) is 10.00 Å². The quantitative estimate of drug-likeness (QED) is 0.442. The number of piperidine rings is 1. The van der Waals surface area contributed by atoms with Crippen molar-refractivity contribution in [1.82, 2.24) is 10.3 Å². The number of nitriles is 1. The molecule has 2 aromatic carbocycles. The van der Waals surface area contributed by atoms with Crippen LogP contribution in [0.15, 0.2) is 54.6 Å². The number of alkyl halides is 3. The maximum absolute atomic E-state index is 13.6. The third kappa shape index (κ3) is 5.69. The van der Waals surface area contributed by atoms with Gasteiger partial charge in [-0.2, -0.15) is 18.4 Å². The second-order valence-corrected chi connectivity index (χ2v) is 8.90. The van der Waals surface area contributed by atoms with Gasteiger partial charge in [-0.05, 0) is 80.4 Å². The summed E-state index contributed by atoms with van der Waals surface area (Å²) in [7, 11) is 0. The van der Waals surface area contributed by atoms with E-state index in [-0.39, 0.29) is 35.8 Å². The highest BCUT2D eigenvalue weighted by atomic mass is 19.4. The first-order valence-electron chi connectivity index (χ1n) is 11.3. The Balaban J connectivity index is 1.59. The summed E-state index contributed by atoms with van der Waals surface area (Å²) in [6, 6.07) is 15.2. The molecule has 1 aliphatic heterocycles. The van der Waals surface area contributed by atoms with Gasteiger partial charge in [-0.25, -0.2) is 4.39 Å². The number of aryl methyl sites for hydroxylation is 1. The molecule has 0 radical (unpaired) electrons. The van der Waals surface area contributed by atoms with Gasteiger partial charge in [0.05, 0.1) is 41.8 Å².